The third-order valence-electron chi connectivity index (χ3n) is 3.27. The monoisotopic (exact) mass is 351 g/mol. The van der Waals surface area contributed by atoms with Gasteiger partial charge in [0.15, 0.2) is 0 Å². The van der Waals surface area contributed by atoms with Crippen molar-refractivity contribution in [2.24, 2.45) is 0 Å². The number of hydrogen-bond donors (Lipinski definition) is 1. The van der Waals surface area contributed by atoms with Crippen LogP contribution >= 0.6 is 0 Å². The molecule has 0 aliphatic heterocycles. The summed E-state index contributed by atoms with van der Waals surface area (Å²) in [6.07, 6.45) is 2.21. The molecular formula is C16H21N3O4S. The fourth-order valence-electron chi connectivity index (χ4n) is 2.17. The van der Waals surface area contributed by atoms with Gasteiger partial charge in [0.1, 0.15) is 5.75 Å². The maximum absolute atomic E-state index is 11.8. The molecule has 7 nitrogen and oxygen atoms in total. The number of carbonyl (C=O) groups excluding carboxylic acids is 1. The molecule has 0 aliphatic carbocycles. The van der Waals surface area contributed by atoms with Crippen LogP contribution in [0.1, 0.15) is 19.2 Å². The lowest BCUT2D eigenvalue weighted by atomic mass is 10.2. The summed E-state index contributed by atoms with van der Waals surface area (Å²) in [5, 5.41) is 6.72. The standard InChI is InChI=1S/C16H21N3O4S/c1-11(10-24(3)21)17-14(20)8-9-15-18-16(19-23-15)12-4-6-13(22-2)7-5-12/h4-7,11H,8-10H2,1-3H3,(H,17,20)/t11-,24-/m1/s1. The summed E-state index contributed by atoms with van der Waals surface area (Å²) in [5.41, 5.74) is 0.814. The summed E-state index contributed by atoms with van der Waals surface area (Å²) in [6, 6.07) is 7.19. The second-order valence-corrected chi connectivity index (χ2v) is 6.93. The van der Waals surface area contributed by atoms with Crippen LogP contribution in [0.3, 0.4) is 0 Å². The van der Waals surface area contributed by atoms with E-state index in [4.69, 9.17) is 9.26 Å². The molecule has 0 saturated carbocycles. The summed E-state index contributed by atoms with van der Waals surface area (Å²) in [6.45, 7) is 1.83. The van der Waals surface area contributed by atoms with Gasteiger partial charge < -0.3 is 14.6 Å². The second-order valence-electron chi connectivity index (χ2n) is 5.45. The molecule has 0 radical (unpaired) electrons. The van der Waals surface area contributed by atoms with E-state index in [1.54, 1.807) is 13.4 Å². The van der Waals surface area contributed by atoms with Gasteiger partial charge in [0.25, 0.3) is 0 Å². The number of nitrogens with one attached hydrogen (secondary N) is 1. The summed E-state index contributed by atoms with van der Waals surface area (Å²) in [4.78, 5) is 16.1. The molecule has 2 rings (SSSR count). The molecule has 0 saturated heterocycles. The highest BCUT2D eigenvalue weighted by molar-refractivity contribution is 7.84. The number of ether oxygens (including phenoxy) is 1. The number of methoxy groups -OCH3 is 1. The van der Waals surface area contributed by atoms with Crippen molar-refractivity contribution in [3.63, 3.8) is 0 Å². The van der Waals surface area contributed by atoms with Gasteiger partial charge in [-0.3, -0.25) is 9.00 Å². The molecule has 2 atom stereocenters. The largest absolute Gasteiger partial charge is 0.497 e. The van der Waals surface area contributed by atoms with Crippen molar-refractivity contribution >= 4 is 16.7 Å². The van der Waals surface area contributed by atoms with E-state index in [0.29, 0.717) is 23.9 Å². The third kappa shape index (κ3) is 5.45. The molecule has 1 heterocycles. The molecule has 130 valence electrons. The first kappa shape index (κ1) is 18.1. The van der Waals surface area contributed by atoms with Gasteiger partial charge in [-0.25, -0.2) is 0 Å². The van der Waals surface area contributed by atoms with E-state index in [9.17, 15) is 9.00 Å². The molecule has 8 heteroatoms. The summed E-state index contributed by atoms with van der Waals surface area (Å²) >= 11 is 0. The third-order valence-corrected chi connectivity index (χ3v) is 4.24. The molecule has 1 aromatic carbocycles. The number of rotatable bonds is 8. The minimum absolute atomic E-state index is 0.124. The minimum Gasteiger partial charge on any atom is -0.497 e. The van der Waals surface area contributed by atoms with Crippen LogP contribution in [0.5, 0.6) is 5.75 Å². The lowest BCUT2D eigenvalue weighted by Crippen LogP contribution is -2.36. The number of hydrogen-bond acceptors (Lipinski definition) is 6. The molecule has 1 N–H and O–H groups in total. The van der Waals surface area contributed by atoms with Crippen molar-refractivity contribution in [2.45, 2.75) is 25.8 Å². The minimum atomic E-state index is -0.937. The van der Waals surface area contributed by atoms with E-state index in [1.165, 1.54) is 0 Å². The van der Waals surface area contributed by atoms with Crippen LogP contribution in [-0.2, 0) is 22.0 Å². The van der Waals surface area contributed by atoms with Crippen molar-refractivity contribution < 1.29 is 18.3 Å². The van der Waals surface area contributed by atoms with Crippen LogP contribution < -0.4 is 10.1 Å². The molecule has 24 heavy (non-hydrogen) atoms. The number of aromatic nitrogens is 2. The van der Waals surface area contributed by atoms with Crippen molar-refractivity contribution in [3.8, 4) is 17.1 Å². The van der Waals surface area contributed by atoms with Crippen LogP contribution in [0.4, 0.5) is 0 Å². The Morgan fingerprint density at radius 2 is 2.08 bits per heavy atom. The Hall–Kier alpha value is -2.22. The van der Waals surface area contributed by atoms with Gasteiger partial charge in [-0.05, 0) is 31.2 Å². The zero-order valence-corrected chi connectivity index (χ0v) is 14.8. The SMILES string of the molecule is COc1ccc(-c2noc(CCC(=O)N[C@H](C)C[S@@](C)=O)n2)cc1. The van der Waals surface area contributed by atoms with Gasteiger partial charge in [-0.2, -0.15) is 4.98 Å². The lowest BCUT2D eigenvalue weighted by molar-refractivity contribution is -0.121. The Morgan fingerprint density at radius 3 is 2.71 bits per heavy atom. The van der Waals surface area contributed by atoms with Gasteiger partial charge in [0, 0.05) is 47.3 Å². The second kappa shape index (κ2) is 8.58. The van der Waals surface area contributed by atoms with Crippen molar-refractivity contribution in [1.82, 2.24) is 15.5 Å². The smallest absolute Gasteiger partial charge is 0.227 e. The Morgan fingerprint density at radius 1 is 1.38 bits per heavy atom. The average Bonchev–Trinajstić information content (AvgIpc) is 3.01. The van der Waals surface area contributed by atoms with E-state index in [1.807, 2.05) is 31.2 Å². The molecule has 1 aromatic heterocycles. The maximum atomic E-state index is 11.8. The van der Waals surface area contributed by atoms with Crippen LogP contribution in [-0.4, -0.2) is 45.4 Å². The lowest BCUT2D eigenvalue weighted by Gasteiger charge is -2.11. The Labute approximate surface area is 143 Å². The summed E-state index contributed by atoms with van der Waals surface area (Å²) in [7, 11) is 0.666. The van der Waals surface area contributed by atoms with Gasteiger partial charge >= 0.3 is 0 Å². The highest BCUT2D eigenvalue weighted by Crippen LogP contribution is 2.19. The number of aryl methyl sites for hydroxylation is 1. The quantitative estimate of drug-likeness (QED) is 0.776. The van der Waals surface area contributed by atoms with Crippen molar-refractivity contribution in [2.75, 3.05) is 19.1 Å². The molecule has 0 spiro atoms. The number of nitrogens with zero attached hydrogens (tertiary/aromatic N) is 2. The summed E-state index contributed by atoms with van der Waals surface area (Å²) < 4.78 is 21.4. The van der Waals surface area contributed by atoms with Crippen LogP contribution in [0.25, 0.3) is 11.4 Å². The van der Waals surface area contributed by atoms with E-state index in [0.717, 1.165) is 11.3 Å². The van der Waals surface area contributed by atoms with Crippen LogP contribution in [0, 0.1) is 0 Å². The zero-order valence-electron chi connectivity index (χ0n) is 13.9. The van der Waals surface area contributed by atoms with E-state index < -0.39 is 10.8 Å². The molecular weight excluding hydrogens is 330 g/mol. The normalized spacial score (nSPS) is 13.3. The van der Waals surface area contributed by atoms with Gasteiger partial charge in [0.2, 0.25) is 17.6 Å². The average molecular weight is 351 g/mol. The molecule has 0 bridgehead atoms. The Bertz CT molecular complexity index is 700. The van der Waals surface area contributed by atoms with Gasteiger partial charge in [0.05, 0.1) is 7.11 Å². The van der Waals surface area contributed by atoms with Crippen molar-refractivity contribution in [3.05, 3.63) is 30.2 Å². The van der Waals surface area contributed by atoms with E-state index in [-0.39, 0.29) is 18.4 Å². The van der Waals surface area contributed by atoms with Crippen LogP contribution in [0.15, 0.2) is 28.8 Å². The van der Waals surface area contributed by atoms with E-state index >= 15 is 0 Å². The zero-order chi connectivity index (χ0) is 17.5. The van der Waals surface area contributed by atoms with Crippen molar-refractivity contribution in [1.29, 1.82) is 0 Å². The Kier molecular flexibility index (Phi) is 6.48. The first-order valence-corrected chi connectivity index (χ1v) is 9.27. The number of benzene rings is 1. The summed E-state index contributed by atoms with van der Waals surface area (Å²) in [5.74, 6) is 1.94. The predicted molar refractivity (Wildman–Crippen MR) is 91.1 cm³/mol. The number of amides is 1. The molecule has 2 aromatic rings. The topological polar surface area (TPSA) is 94.3 Å². The van der Waals surface area contributed by atoms with Crippen LogP contribution in [0.2, 0.25) is 0 Å². The van der Waals surface area contributed by atoms with Gasteiger partial charge in [-0.15, -0.1) is 0 Å². The first-order chi connectivity index (χ1) is 11.5. The Balaban J connectivity index is 1.87. The molecule has 0 unspecified atom stereocenters. The van der Waals surface area contributed by atoms with E-state index in [2.05, 4.69) is 15.5 Å². The highest BCUT2D eigenvalue weighted by Gasteiger charge is 2.13. The molecule has 0 aliphatic rings. The first-order valence-electron chi connectivity index (χ1n) is 7.54. The predicted octanol–water partition coefficient (Wildman–Crippen LogP) is 1.56. The molecule has 0 fully saturated rings. The number of carbonyl (C=O) groups is 1. The fraction of sp³-hybridized carbons (Fsp3) is 0.438. The van der Waals surface area contributed by atoms with Gasteiger partial charge in [-0.1, -0.05) is 5.16 Å². The maximum Gasteiger partial charge on any atom is 0.227 e. The fourth-order valence-corrected chi connectivity index (χ4v) is 2.96. The highest BCUT2D eigenvalue weighted by atomic mass is 32.2. The molecule has 1 amide bonds.